The Bertz CT molecular complexity index is 984. The minimum Gasteiger partial charge on any atom is -0.496 e. The SMILES string of the molecule is COc1ccc(S(=O)(=O)N[C@H](CC(C)C)c2ccccc2)cc1C(=O)N1CCCCC1. The molecule has 0 bridgehead atoms. The van der Waals surface area contributed by atoms with Crippen LogP contribution in [0.3, 0.4) is 0 Å². The van der Waals surface area contributed by atoms with Gasteiger partial charge in [0.15, 0.2) is 0 Å². The number of carbonyl (C=O) groups excluding carboxylic acids is 1. The van der Waals surface area contributed by atoms with Crippen molar-refractivity contribution < 1.29 is 17.9 Å². The third-order valence-electron chi connectivity index (χ3n) is 5.56. The maximum atomic E-state index is 13.3. The smallest absolute Gasteiger partial charge is 0.257 e. The van der Waals surface area contributed by atoms with Gasteiger partial charge in [-0.15, -0.1) is 0 Å². The summed E-state index contributed by atoms with van der Waals surface area (Å²) in [4.78, 5) is 14.9. The molecule has 168 valence electrons. The van der Waals surface area contributed by atoms with Gasteiger partial charge in [-0.25, -0.2) is 13.1 Å². The number of amides is 1. The minimum atomic E-state index is -3.84. The molecule has 1 amide bonds. The van der Waals surface area contributed by atoms with Gasteiger partial charge in [0.1, 0.15) is 5.75 Å². The van der Waals surface area contributed by atoms with Crippen LogP contribution in [0, 0.1) is 5.92 Å². The first-order chi connectivity index (χ1) is 14.8. The lowest BCUT2D eigenvalue weighted by Gasteiger charge is -2.27. The normalized spacial score (nSPS) is 15.7. The van der Waals surface area contributed by atoms with Crippen LogP contribution in [0.5, 0.6) is 5.75 Å². The first-order valence-corrected chi connectivity index (χ1v) is 12.3. The van der Waals surface area contributed by atoms with Crippen molar-refractivity contribution in [1.82, 2.24) is 9.62 Å². The second-order valence-electron chi connectivity index (χ2n) is 8.43. The van der Waals surface area contributed by atoms with Crippen LogP contribution in [0.4, 0.5) is 0 Å². The summed E-state index contributed by atoms with van der Waals surface area (Å²) < 4.78 is 34.8. The van der Waals surface area contributed by atoms with E-state index in [1.807, 2.05) is 30.3 Å². The van der Waals surface area contributed by atoms with Gasteiger partial charge in [-0.1, -0.05) is 44.2 Å². The molecule has 0 unspecified atom stereocenters. The third kappa shape index (κ3) is 5.86. The molecule has 7 heteroatoms. The lowest BCUT2D eigenvalue weighted by atomic mass is 9.98. The number of nitrogens with zero attached hydrogens (tertiary/aromatic N) is 1. The third-order valence-corrected chi connectivity index (χ3v) is 7.03. The standard InChI is InChI=1S/C24H32N2O4S/c1-18(2)16-22(19-10-6-4-7-11-19)25-31(28,29)20-12-13-23(30-3)21(17-20)24(27)26-14-8-5-9-15-26/h4,6-7,10-13,17-18,22,25H,5,8-9,14-16H2,1-3H3/t22-/m1/s1. The topological polar surface area (TPSA) is 75.7 Å². The number of sulfonamides is 1. The molecule has 1 atom stereocenters. The largest absolute Gasteiger partial charge is 0.496 e. The molecule has 0 aliphatic carbocycles. The van der Waals surface area contributed by atoms with Crippen molar-refractivity contribution >= 4 is 15.9 Å². The molecule has 0 spiro atoms. The Labute approximate surface area is 185 Å². The molecule has 1 saturated heterocycles. The first kappa shape index (κ1) is 23.3. The Kier molecular flexibility index (Phi) is 7.73. The zero-order valence-corrected chi connectivity index (χ0v) is 19.3. The van der Waals surface area contributed by atoms with Gasteiger partial charge in [0.25, 0.3) is 5.91 Å². The molecule has 6 nitrogen and oxygen atoms in total. The van der Waals surface area contributed by atoms with E-state index in [0.29, 0.717) is 31.2 Å². The number of benzene rings is 2. The fraction of sp³-hybridized carbons (Fsp3) is 0.458. The molecule has 1 N–H and O–H groups in total. The Morgan fingerprint density at radius 2 is 1.74 bits per heavy atom. The van der Waals surface area contributed by atoms with Gasteiger partial charge >= 0.3 is 0 Å². The molecule has 1 aliphatic rings. The molecule has 0 saturated carbocycles. The number of methoxy groups -OCH3 is 1. The first-order valence-electron chi connectivity index (χ1n) is 10.9. The van der Waals surface area contributed by atoms with Crippen LogP contribution in [0.15, 0.2) is 53.4 Å². The van der Waals surface area contributed by atoms with E-state index in [2.05, 4.69) is 18.6 Å². The highest BCUT2D eigenvalue weighted by atomic mass is 32.2. The Morgan fingerprint density at radius 1 is 1.06 bits per heavy atom. The molecule has 1 heterocycles. The summed E-state index contributed by atoms with van der Waals surface area (Å²) in [5.41, 5.74) is 1.20. The van der Waals surface area contributed by atoms with Gasteiger partial charge in [0.05, 0.1) is 17.6 Å². The van der Waals surface area contributed by atoms with Crippen LogP contribution in [-0.4, -0.2) is 39.4 Å². The predicted molar refractivity (Wildman–Crippen MR) is 122 cm³/mol. The highest BCUT2D eigenvalue weighted by Gasteiger charge is 2.26. The quantitative estimate of drug-likeness (QED) is 0.655. The predicted octanol–water partition coefficient (Wildman–Crippen LogP) is 4.39. The summed E-state index contributed by atoms with van der Waals surface area (Å²) in [5, 5.41) is 0. The minimum absolute atomic E-state index is 0.0679. The van der Waals surface area contributed by atoms with E-state index in [4.69, 9.17) is 4.74 Å². The van der Waals surface area contributed by atoms with Crippen molar-refractivity contribution in [2.75, 3.05) is 20.2 Å². The highest BCUT2D eigenvalue weighted by molar-refractivity contribution is 7.89. The van der Waals surface area contributed by atoms with E-state index in [1.165, 1.54) is 19.2 Å². The van der Waals surface area contributed by atoms with Crippen LogP contribution < -0.4 is 9.46 Å². The molecule has 1 aliphatic heterocycles. The van der Waals surface area contributed by atoms with E-state index < -0.39 is 10.0 Å². The van der Waals surface area contributed by atoms with Crippen molar-refractivity contribution in [2.45, 2.75) is 50.5 Å². The number of piperidine rings is 1. The number of carbonyl (C=O) groups is 1. The lowest BCUT2D eigenvalue weighted by molar-refractivity contribution is 0.0720. The fourth-order valence-corrected chi connectivity index (χ4v) is 5.22. The van der Waals surface area contributed by atoms with Crippen molar-refractivity contribution in [3.63, 3.8) is 0 Å². The number of likely N-dealkylation sites (tertiary alicyclic amines) is 1. The molecular weight excluding hydrogens is 412 g/mol. The summed E-state index contributed by atoms with van der Waals surface area (Å²) in [6.45, 7) is 5.49. The zero-order chi connectivity index (χ0) is 22.4. The van der Waals surface area contributed by atoms with Gasteiger partial charge in [0.2, 0.25) is 10.0 Å². The van der Waals surface area contributed by atoms with Crippen molar-refractivity contribution in [1.29, 1.82) is 0 Å². The Morgan fingerprint density at radius 3 is 2.35 bits per heavy atom. The van der Waals surface area contributed by atoms with Crippen molar-refractivity contribution in [3.05, 3.63) is 59.7 Å². The zero-order valence-electron chi connectivity index (χ0n) is 18.5. The molecule has 2 aromatic rings. The average molecular weight is 445 g/mol. The summed E-state index contributed by atoms with van der Waals surface area (Å²) in [5.74, 6) is 0.506. The number of ether oxygens (including phenoxy) is 1. The summed E-state index contributed by atoms with van der Waals surface area (Å²) in [7, 11) is -2.35. The summed E-state index contributed by atoms with van der Waals surface area (Å²) in [6, 6.07) is 13.7. The van der Waals surface area contributed by atoms with E-state index >= 15 is 0 Å². The van der Waals surface area contributed by atoms with Crippen LogP contribution in [-0.2, 0) is 10.0 Å². The monoisotopic (exact) mass is 444 g/mol. The maximum Gasteiger partial charge on any atom is 0.257 e. The van der Waals surface area contributed by atoms with E-state index in [9.17, 15) is 13.2 Å². The second-order valence-corrected chi connectivity index (χ2v) is 10.1. The molecular formula is C24H32N2O4S. The molecule has 2 aromatic carbocycles. The van der Waals surface area contributed by atoms with Crippen LogP contribution >= 0.6 is 0 Å². The molecule has 1 fully saturated rings. The van der Waals surface area contributed by atoms with Crippen LogP contribution in [0.1, 0.15) is 61.5 Å². The maximum absolute atomic E-state index is 13.3. The van der Waals surface area contributed by atoms with Crippen molar-refractivity contribution in [3.8, 4) is 5.75 Å². The number of hydrogen-bond acceptors (Lipinski definition) is 4. The molecule has 0 aromatic heterocycles. The van der Waals surface area contributed by atoms with Gasteiger partial charge in [-0.3, -0.25) is 4.79 Å². The van der Waals surface area contributed by atoms with Gasteiger partial charge in [0, 0.05) is 19.1 Å². The van der Waals surface area contributed by atoms with E-state index in [-0.39, 0.29) is 22.4 Å². The highest BCUT2D eigenvalue weighted by Crippen LogP contribution is 2.28. The second kappa shape index (κ2) is 10.3. The number of nitrogens with one attached hydrogen (secondary N) is 1. The van der Waals surface area contributed by atoms with Gasteiger partial charge < -0.3 is 9.64 Å². The van der Waals surface area contributed by atoms with E-state index in [0.717, 1.165) is 24.8 Å². The van der Waals surface area contributed by atoms with Crippen molar-refractivity contribution in [2.24, 2.45) is 5.92 Å². The number of hydrogen-bond donors (Lipinski definition) is 1. The van der Waals surface area contributed by atoms with Gasteiger partial charge in [-0.05, 0) is 55.4 Å². The summed E-state index contributed by atoms with van der Waals surface area (Å²) >= 11 is 0. The number of rotatable bonds is 8. The molecule has 3 rings (SSSR count). The molecule has 0 radical (unpaired) electrons. The Balaban J connectivity index is 1.91. The average Bonchev–Trinajstić information content (AvgIpc) is 2.78. The van der Waals surface area contributed by atoms with Gasteiger partial charge in [-0.2, -0.15) is 0 Å². The Hall–Kier alpha value is -2.38. The van der Waals surface area contributed by atoms with Crippen LogP contribution in [0.25, 0.3) is 0 Å². The van der Waals surface area contributed by atoms with Crippen LogP contribution in [0.2, 0.25) is 0 Å². The fourth-order valence-electron chi connectivity index (χ4n) is 3.95. The molecule has 31 heavy (non-hydrogen) atoms. The summed E-state index contributed by atoms with van der Waals surface area (Å²) in [6.07, 6.45) is 3.69. The van der Waals surface area contributed by atoms with E-state index in [1.54, 1.807) is 11.0 Å². The lowest BCUT2D eigenvalue weighted by Crippen LogP contribution is -2.36.